The van der Waals surface area contributed by atoms with Gasteiger partial charge in [0, 0.05) is 23.3 Å². The molecule has 1 atom stereocenters. The van der Waals surface area contributed by atoms with E-state index in [1.165, 1.54) is 18.6 Å². The van der Waals surface area contributed by atoms with Crippen LogP contribution in [0.15, 0.2) is 30.3 Å². The smallest absolute Gasteiger partial charge is 0.338 e. The Morgan fingerprint density at radius 1 is 1.32 bits per heavy atom. The number of hydrogen-bond donors (Lipinski definition) is 2. The van der Waals surface area contributed by atoms with Gasteiger partial charge in [0.1, 0.15) is 17.3 Å². The summed E-state index contributed by atoms with van der Waals surface area (Å²) >= 11 is 6.22. The SMILES string of the molecule is CC[C@H]1CCCCN1c1cc(Cl)cc(C(=O)Nc2ccc(C(=O)O)c(F)c2)n1. The van der Waals surface area contributed by atoms with Crippen molar-refractivity contribution in [1.29, 1.82) is 0 Å². The number of piperidine rings is 1. The lowest BCUT2D eigenvalue weighted by Gasteiger charge is -2.36. The molecule has 1 aliphatic heterocycles. The first kappa shape index (κ1) is 20.1. The van der Waals surface area contributed by atoms with Crippen LogP contribution in [0.2, 0.25) is 5.02 Å². The van der Waals surface area contributed by atoms with Gasteiger partial charge < -0.3 is 15.3 Å². The van der Waals surface area contributed by atoms with Gasteiger partial charge in [-0.1, -0.05) is 18.5 Å². The van der Waals surface area contributed by atoms with Crippen molar-refractivity contribution in [2.45, 2.75) is 38.6 Å². The summed E-state index contributed by atoms with van der Waals surface area (Å²) in [4.78, 5) is 30.1. The number of nitrogens with zero attached hydrogens (tertiary/aromatic N) is 2. The Morgan fingerprint density at radius 3 is 2.79 bits per heavy atom. The van der Waals surface area contributed by atoms with Crippen molar-refractivity contribution in [3.8, 4) is 0 Å². The molecule has 0 unspecified atom stereocenters. The number of benzene rings is 1. The fourth-order valence-electron chi connectivity index (χ4n) is 3.44. The molecular weight excluding hydrogens is 385 g/mol. The zero-order valence-corrected chi connectivity index (χ0v) is 16.2. The molecule has 8 heteroatoms. The van der Waals surface area contributed by atoms with Crippen molar-refractivity contribution >= 4 is 35.0 Å². The maximum atomic E-state index is 13.8. The fraction of sp³-hybridized carbons (Fsp3) is 0.350. The molecule has 28 heavy (non-hydrogen) atoms. The lowest BCUT2D eigenvalue weighted by Crippen LogP contribution is -2.39. The number of halogens is 2. The second-order valence-electron chi connectivity index (χ2n) is 6.73. The number of aromatic nitrogens is 1. The summed E-state index contributed by atoms with van der Waals surface area (Å²) in [6, 6.07) is 6.94. The molecule has 148 valence electrons. The first-order valence-corrected chi connectivity index (χ1v) is 9.55. The van der Waals surface area contributed by atoms with Gasteiger partial charge in [-0.05, 0) is 56.0 Å². The van der Waals surface area contributed by atoms with Crippen LogP contribution in [0.5, 0.6) is 0 Å². The monoisotopic (exact) mass is 405 g/mol. The molecule has 1 aliphatic rings. The van der Waals surface area contributed by atoms with Crippen molar-refractivity contribution in [1.82, 2.24) is 4.98 Å². The van der Waals surface area contributed by atoms with E-state index in [2.05, 4.69) is 22.1 Å². The number of aromatic carboxylic acids is 1. The highest BCUT2D eigenvalue weighted by Gasteiger charge is 2.23. The van der Waals surface area contributed by atoms with Gasteiger partial charge in [0.15, 0.2) is 0 Å². The third-order valence-corrected chi connectivity index (χ3v) is 5.08. The van der Waals surface area contributed by atoms with Crippen LogP contribution in [0.3, 0.4) is 0 Å². The van der Waals surface area contributed by atoms with Crippen LogP contribution in [0.4, 0.5) is 15.9 Å². The normalized spacial score (nSPS) is 16.7. The second-order valence-corrected chi connectivity index (χ2v) is 7.17. The van der Waals surface area contributed by atoms with Gasteiger partial charge in [-0.25, -0.2) is 14.2 Å². The lowest BCUT2D eigenvalue weighted by atomic mass is 10.00. The first-order valence-electron chi connectivity index (χ1n) is 9.17. The third kappa shape index (κ3) is 4.42. The summed E-state index contributed by atoms with van der Waals surface area (Å²) in [6.45, 7) is 2.98. The molecule has 0 saturated carbocycles. The molecule has 0 radical (unpaired) electrons. The van der Waals surface area contributed by atoms with Crippen molar-refractivity contribution in [3.05, 3.63) is 52.4 Å². The number of carboxylic acid groups (broad SMARTS) is 1. The van der Waals surface area contributed by atoms with Crippen molar-refractivity contribution < 1.29 is 19.1 Å². The van der Waals surface area contributed by atoms with Crippen LogP contribution in [-0.4, -0.2) is 34.6 Å². The third-order valence-electron chi connectivity index (χ3n) is 4.86. The Labute approximate surface area is 167 Å². The van der Waals surface area contributed by atoms with E-state index in [9.17, 15) is 14.0 Å². The van der Waals surface area contributed by atoms with Gasteiger partial charge in [-0.15, -0.1) is 0 Å². The summed E-state index contributed by atoms with van der Waals surface area (Å²) < 4.78 is 13.8. The molecule has 0 bridgehead atoms. The molecular formula is C20H21ClFN3O3. The molecule has 0 spiro atoms. The lowest BCUT2D eigenvalue weighted by molar-refractivity contribution is 0.0692. The summed E-state index contributed by atoms with van der Waals surface area (Å²) in [5.41, 5.74) is -0.206. The Hall–Kier alpha value is -2.67. The van der Waals surface area contributed by atoms with Crippen molar-refractivity contribution in [3.63, 3.8) is 0 Å². The van der Waals surface area contributed by atoms with Gasteiger partial charge in [-0.2, -0.15) is 0 Å². The van der Waals surface area contributed by atoms with Gasteiger partial charge in [0.2, 0.25) is 0 Å². The topological polar surface area (TPSA) is 82.5 Å². The van der Waals surface area contributed by atoms with Crippen LogP contribution >= 0.6 is 11.6 Å². The molecule has 0 aliphatic carbocycles. The van der Waals surface area contributed by atoms with E-state index in [1.807, 2.05) is 0 Å². The predicted octanol–water partition coefficient (Wildman–Crippen LogP) is 4.59. The molecule has 1 saturated heterocycles. The minimum atomic E-state index is -1.37. The van der Waals surface area contributed by atoms with E-state index < -0.39 is 23.3 Å². The maximum Gasteiger partial charge on any atom is 0.338 e. The number of carboxylic acids is 1. The highest BCUT2D eigenvalue weighted by molar-refractivity contribution is 6.31. The Kier molecular flexibility index (Phi) is 6.14. The highest BCUT2D eigenvalue weighted by atomic mass is 35.5. The van der Waals surface area contributed by atoms with Crippen LogP contribution in [0.25, 0.3) is 0 Å². The quantitative estimate of drug-likeness (QED) is 0.760. The molecule has 2 heterocycles. The minimum Gasteiger partial charge on any atom is -0.478 e. The van der Waals surface area contributed by atoms with Crippen molar-refractivity contribution in [2.75, 3.05) is 16.8 Å². The standard InChI is InChI=1S/C20H21ClFN3O3/c1-2-14-5-3-4-8-25(14)18-10-12(21)9-17(24-18)19(26)23-13-6-7-15(20(27)28)16(22)11-13/h6-7,9-11,14H,2-5,8H2,1H3,(H,23,26)(H,27,28)/t14-/m0/s1. The molecule has 1 aromatic carbocycles. The zero-order valence-electron chi connectivity index (χ0n) is 15.4. The summed E-state index contributed by atoms with van der Waals surface area (Å²) in [5, 5.41) is 11.8. The molecule has 1 fully saturated rings. The van der Waals surface area contributed by atoms with Crippen LogP contribution in [-0.2, 0) is 0 Å². The number of carbonyl (C=O) groups excluding carboxylic acids is 1. The summed E-state index contributed by atoms with van der Waals surface area (Å²) in [6.07, 6.45) is 4.27. The van der Waals surface area contributed by atoms with Crippen LogP contribution in [0.1, 0.15) is 53.5 Å². The summed E-state index contributed by atoms with van der Waals surface area (Å²) in [5.74, 6) is -2.19. The van der Waals surface area contributed by atoms with E-state index in [0.717, 1.165) is 37.9 Å². The van der Waals surface area contributed by atoms with Gasteiger partial charge in [-0.3, -0.25) is 4.79 Å². The molecule has 2 N–H and O–H groups in total. The number of amides is 1. The second kappa shape index (κ2) is 8.56. The van der Waals surface area contributed by atoms with E-state index in [-0.39, 0.29) is 11.4 Å². The van der Waals surface area contributed by atoms with E-state index in [1.54, 1.807) is 6.07 Å². The number of hydrogen-bond acceptors (Lipinski definition) is 4. The Balaban J connectivity index is 1.83. The predicted molar refractivity (Wildman–Crippen MR) is 106 cm³/mol. The number of carbonyl (C=O) groups is 2. The molecule has 1 aromatic heterocycles. The van der Waals surface area contributed by atoms with Gasteiger partial charge in [0.05, 0.1) is 5.56 Å². The maximum absolute atomic E-state index is 13.8. The van der Waals surface area contributed by atoms with E-state index in [4.69, 9.17) is 16.7 Å². The number of anilines is 2. The zero-order chi connectivity index (χ0) is 20.3. The average Bonchev–Trinajstić information content (AvgIpc) is 2.67. The number of nitrogens with one attached hydrogen (secondary N) is 1. The highest BCUT2D eigenvalue weighted by Crippen LogP contribution is 2.28. The fourth-order valence-corrected chi connectivity index (χ4v) is 3.64. The largest absolute Gasteiger partial charge is 0.478 e. The minimum absolute atomic E-state index is 0.116. The number of pyridine rings is 1. The molecule has 6 nitrogen and oxygen atoms in total. The first-order chi connectivity index (χ1) is 13.4. The Morgan fingerprint density at radius 2 is 2.11 bits per heavy atom. The molecule has 2 aromatic rings. The van der Waals surface area contributed by atoms with E-state index >= 15 is 0 Å². The average molecular weight is 406 g/mol. The van der Waals surface area contributed by atoms with Crippen LogP contribution < -0.4 is 10.2 Å². The molecule has 1 amide bonds. The Bertz CT molecular complexity index is 906. The summed E-state index contributed by atoms with van der Waals surface area (Å²) in [7, 11) is 0. The van der Waals surface area contributed by atoms with Crippen molar-refractivity contribution in [2.24, 2.45) is 0 Å². The van der Waals surface area contributed by atoms with E-state index in [0.29, 0.717) is 16.9 Å². The van der Waals surface area contributed by atoms with Gasteiger partial charge in [0.25, 0.3) is 5.91 Å². The van der Waals surface area contributed by atoms with Gasteiger partial charge >= 0.3 is 5.97 Å². The molecule has 3 rings (SSSR count). The number of rotatable bonds is 5. The van der Waals surface area contributed by atoms with Crippen LogP contribution in [0, 0.1) is 5.82 Å².